The molecule has 1 heterocycles. The molecule has 0 saturated heterocycles. The third kappa shape index (κ3) is 3.74. The average molecular weight is 302 g/mol. The van der Waals surface area contributed by atoms with Crippen molar-refractivity contribution in [1.82, 2.24) is 15.1 Å². The van der Waals surface area contributed by atoms with E-state index in [1.807, 2.05) is 11.6 Å². The number of hydrogen-bond donors (Lipinski definition) is 1. The molecule has 0 aromatic carbocycles. The number of nitrogens with one attached hydrogen (secondary N) is 1. The van der Waals surface area contributed by atoms with Crippen LogP contribution in [0.5, 0.6) is 0 Å². The topological polar surface area (TPSA) is 39.1 Å². The monoisotopic (exact) mass is 301 g/mol. The van der Waals surface area contributed by atoms with Crippen LogP contribution >= 0.6 is 11.6 Å². The quantitative estimate of drug-likeness (QED) is 0.754. The lowest BCUT2D eigenvalue weighted by Crippen LogP contribution is -2.44. The van der Waals surface area contributed by atoms with Crippen molar-refractivity contribution in [3.63, 3.8) is 0 Å². The summed E-state index contributed by atoms with van der Waals surface area (Å²) in [6.07, 6.45) is 3.67. The summed E-state index contributed by atoms with van der Waals surface area (Å²) >= 11 is 6.40. The largest absolute Gasteiger partial charge is 0.374 e. The van der Waals surface area contributed by atoms with Crippen LogP contribution in [0.4, 0.5) is 0 Å². The van der Waals surface area contributed by atoms with E-state index in [1.54, 1.807) is 6.20 Å². The van der Waals surface area contributed by atoms with Gasteiger partial charge in [0.05, 0.1) is 28.6 Å². The highest BCUT2D eigenvalue weighted by molar-refractivity contribution is 6.31. The molecule has 4 nitrogen and oxygen atoms in total. The van der Waals surface area contributed by atoms with Crippen LogP contribution in [0.15, 0.2) is 6.20 Å². The number of hydrogen-bond acceptors (Lipinski definition) is 3. The number of aromatic nitrogens is 2. The standard InChI is InChI=1S/C15H28ClN3O/c1-6-10-19-13(12(16)11-18-19)14(17-8-3)15(5,7-2)20-9-4/h11,14,17H,6-10H2,1-5H3. The van der Waals surface area contributed by atoms with Crippen molar-refractivity contribution >= 4 is 11.6 Å². The zero-order valence-electron chi connectivity index (χ0n) is 13.4. The van der Waals surface area contributed by atoms with E-state index in [2.05, 4.69) is 38.1 Å². The maximum atomic E-state index is 6.40. The second-order valence-corrected chi connectivity index (χ2v) is 5.60. The molecule has 20 heavy (non-hydrogen) atoms. The van der Waals surface area contributed by atoms with E-state index in [0.717, 1.165) is 31.6 Å². The van der Waals surface area contributed by atoms with Crippen LogP contribution in [-0.2, 0) is 11.3 Å². The lowest BCUT2D eigenvalue weighted by molar-refractivity contribution is -0.0579. The molecule has 1 aromatic rings. The first kappa shape index (κ1) is 17.5. The first-order chi connectivity index (χ1) is 9.53. The Morgan fingerprint density at radius 1 is 1.40 bits per heavy atom. The normalized spacial score (nSPS) is 16.1. The molecule has 0 radical (unpaired) electrons. The predicted molar refractivity (Wildman–Crippen MR) is 84.3 cm³/mol. The van der Waals surface area contributed by atoms with E-state index < -0.39 is 0 Å². The highest BCUT2D eigenvalue weighted by Crippen LogP contribution is 2.35. The molecule has 2 unspecified atom stereocenters. The third-order valence-corrected chi connectivity index (χ3v) is 4.03. The maximum Gasteiger partial charge on any atom is 0.0861 e. The van der Waals surface area contributed by atoms with E-state index >= 15 is 0 Å². The molecule has 0 saturated carbocycles. The minimum absolute atomic E-state index is 0.0407. The van der Waals surface area contributed by atoms with Gasteiger partial charge in [-0.25, -0.2) is 0 Å². The number of halogens is 1. The molecule has 1 rings (SSSR count). The van der Waals surface area contributed by atoms with Crippen molar-refractivity contribution in [2.45, 2.75) is 65.6 Å². The minimum atomic E-state index is -0.292. The Morgan fingerprint density at radius 3 is 2.60 bits per heavy atom. The molecule has 0 spiro atoms. The van der Waals surface area contributed by atoms with Gasteiger partial charge in [0.1, 0.15) is 0 Å². The number of aryl methyl sites for hydroxylation is 1. The summed E-state index contributed by atoms with van der Waals surface area (Å²) in [4.78, 5) is 0. The average Bonchev–Trinajstić information content (AvgIpc) is 2.78. The predicted octanol–water partition coefficient (Wildman–Crippen LogP) is 3.80. The van der Waals surface area contributed by atoms with E-state index in [4.69, 9.17) is 16.3 Å². The van der Waals surface area contributed by atoms with E-state index in [-0.39, 0.29) is 11.6 Å². The lowest BCUT2D eigenvalue weighted by Gasteiger charge is -2.37. The van der Waals surface area contributed by atoms with Gasteiger partial charge in [-0.05, 0) is 33.2 Å². The summed E-state index contributed by atoms with van der Waals surface area (Å²) < 4.78 is 8.05. The van der Waals surface area contributed by atoms with Crippen molar-refractivity contribution in [2.24, 2.45) is 0 Å². The van der Waals surface area contributed by atoms with Crippen molar-refractivity contribution < 1.29 is 4.74 Å². The van der Waals surface area contributed by atoms with Crippen molar-refractivity contribution in [3.05, 3.63) is 16.9 Å². The third-order valence-electron chi connectivity index (χ3n) is 3.74. The fourth-order valence-corrected chi connectivity index (χ4v) is 2.82. The Hall–Kier alpha value is -0.580. The summed E-state index contributed by atoms with van der Waals surface area (Å²) in [6, 6.07) is 0.0407. The van der Waals surface area contributed by atoms with E-state index in [9.17, 15) is 0 Å². The van der Waals surface area contributed by atoms with Gasteiger partial charge in [-0.15, -0.1) is 0 Å². The van der Waals surface area contributed by atoms with Gasteiger partial charge < -0.3 is 10.1 Å². The van der Waals surface area contributed by atoms with Gasteiger partial charge in [0.25, 0.3) is 0 Å². The van der Waals surface area contributed by atoms with Gasteiger partial charge in [-0.2, -0.15) is 5.10 Å². The molecule has 0 bridgehead atoms. The smallest absolute Gasteiger partial charge is 0.0861 e. The molecule has 1 N–H and O–H groups in total. The Morgan fingerprint density at radius 2 is 2.10 bits per heavy atom. The second-order valence-electron chi connectivity index (χ2n) is 5.19. The Labute approximate surface area is 127 Å². The molecule has 0 aliphatic rings. The zero-order chi connectivity index (χ0) is 15.2. The van der Waals surface area contributed by atoms with Gasteiger partial charge in [0, 0.05) is 13.2 Å². The fraction of sp³-hybridized carbons (Fsp3) is 0.800. The van der Waals surface area contributed by atoms with Gasteiger partial charge >= 0.3 is 0 Å². The molecule has 0 fully saturated rings. The number of ether oxygens (including phenoxy) is 1. The SMILES string of the molecule is CCCn1ncc(Cl)c1C(NCC)C(C)(CC)OCC. The van der Waals surface area contributed by atoms with Crippen LogP contribution in [0, 0.1) is 0 Å². The Kier molecular flexibility index (Phi) is 7.00. The molecular formula is C15H28ClN3O. The van der Waals surface area contributed by atoms with Crippen LogP contribution in [-0.4, -0.2) is 28.5 Å². The highest BCUT2D eigenvalue weighted by Gasteiger charge is 2.37. The summed E-state index contributed by atoms with van der Waals surface area (Å²) in [5.41, 5.74) is 0.744. The van der Waals surface area contributed by atoms with E-state index in [0.29, 0.717) is 11.6 Å². The van der Waals surface area contributed by atoms with Crippen molar-refractivity contribution in [3.8, 4) is 0 Å². The van der Waals surface area contributed by atoms with Gasteiger partial charge in [0.2, 0.25) is 0 Å². The number of rotatable bonds is 9. The van der Waals surface area contributed by atoms with Gasteiger partial charge in [0.15, 0.2) is 0 Å². The molecule has 0 amide bonds. The highest BCUT2D eigenvalue weighted by atomic mass is 35.5. The summed E-state index contributed by atoms with van der Waals surface area (Å²) in [5.74, 6) is 0. The Bertz CT molecular complexity index is 408. The molecule has 0 aliphatic carbocycles. The van der Waals surface area contributed by atoms with Crippen LogP contribution in [0.3, 0.4) is 0 Å². The first-order valence-electron chi connectivity index (χ1n) is 7.62. The van der Waals surface area contributed by atoms with E-state index in [1.165, 1.54) is 0 Å². The minimum Gasteiger partial charge on any atom is -0.374 e. The summed E-state index contributed by atoms with van der Waals surface area (Å²) in [7, 11) is 0. The fourth-order valence-electron chi connectivity index (χ4n) is 2.57. The molecule has 1 aromatic heterocycles. The molecule has 2 atom stereocenters. The Balaban J connectivity index is 3.21. The van der Waals surface area contributed by atoms with Crippen molar-refractivity contribution in [1.29, 1.82) is 0 Å². The molecular weight excluding hydrogens is 274 g/mol. The summed E-state index contributed by atoms with van der Waals surface area (Å²) in [5, 5.41) is 8.65. The number of likely N-dealkylation sites (N-methyl/N-ethyl adjacent to an activating group) is 1. The van der Waals surface area contributed by atoms with Crippen LogP contribution in [0.2, 0.25) is 5.02 Å². The van der Waals surface area contributed by atoms with Crippen molar-refractivity contribution in [2.75, 3.05) is 13.2 Å². The summed E-state index contributed by atoms with van der Waals surface area (Å²) in [6.45, 7) is 13.0. The second kappa shape index (κ2) is 8.01. The molecule has 5 heteroatoms. The van der Waals surface area contributed by atoms with Crippen LogP contribution in [0.1, 0.15) is 59.2 Å². The molecule has 116 valence electrons. The van der Waals surface area contributed by atoms with Gasteiger partial charge in [-0.1, -0.05) is 32.4 Å². The zero-order valence-corrected chi connectivity index (χ0v) is 14.1. The number of nitrogens with zero attached hydrogens (tertiary/aromatic N) is 2. The lowest BCUT2D eigenvalue weighted by atomic mass is 9.90. The van der Waals surface area contributed by atoms with Crippen LogP contribution < -0.4 is 5.32 Å². The van der Waals surface area contributed by atoms with Crippen LogP contribution in [0.25, 0.3) is 0 Å². The molecule has 0 aliphatic heterocycles. The van der Waals surface area contributed by atoms with Gasteiger partial charge in [-0.3, -0.25) is 4.68 Å². The maximum absolute atomic E-state index is 6.40. The first-order valence-corrected chi connectivity index (χ1v) is 8.00.